The molecule has 0 aliphatic heterocycles. The van der Waals surface area contributed by atoms with Gasteiger partial charge >= 0.3 is 0 Å². The topological polar surface area (TPSA) is 20.2 Å². The lowest BCUT2D eigenvalue weighted by molar-refractivity contribution is 0.190. The van der Waals surface area contributed by atoms with E-state index in [0.717, 1.165) is 7.28 Å². The predicted molar refractivity (Wildman–Crippen MR) is 34.1 cm³/mol. The molecule has 0 radical (unpaired) electrons. The largest absolute Gasteiger partial charge is 0.394 e. The first-order valence-electron chi connectivity index (χ1n) is 2.86. The lowest BCUT2D eigenvalue weighted by Gasteiger charge is -2.08. The summed E-state index contributed by atoms with van der Waals surface area (Å²) in [6, 6.07) is 0. The number of hydrogen-bond donors (Lipinski definition) is 1. The molecule has 42 valence electrons. The second kappa shape index (κ2) is 3.08. The Hall–Kier alpha value is 0.0249. The number of hydrogen-bond acceptors (Lipinski definition) is 1. The molecule has 0 aliphatic carbocycles. The molecule has 7 heavy (non-hydrogen) atoms. The average Bonchev–Trinajstić information content (AvgIpc) is 1.65. The fraction of sp³-hybridized carbons (Fsp3) is 1.00. The highest BCUT2D eigenvalue weighted by Gasteiger charge is 2.04. The summed E-state index contributed by atoms with van der Waals surface area (Å²) in [5.41, 5.74) is 0. The predicted octanol–water partition coefficient (Wildman–Crippen LogP) is 0.660. The van der Waals surface area contributed by atoms with Gasteiger partial charge in [0.2, 0.25) is 0 Å². The van der Waals surface area contributed by atoms with Crippen molar-refractivity contribution in [3.8, 4) is 0 Å². The third-order valence-corrected chi connectivity index (χ3v) is 1.47. The molecule has 0 saturated heterocycles. The van der Waals surface area contributed by atoms with Crippen molar-refractivity contribution in [1.82, 2.24) is 0 Å². The van der Waals surface area contributed by atoms with Gasteiger partial charge in [-0.2, -0.15) is 0 Å². The Morgan fingerprint density at radius 2 is 1.86 bits per heavy atom. The van der Waals surface area contributed by atoms with Gasteiger partial charge in [0.1, 0.15) is 7.28 Å². The van der Waals surface area contributed by atoms with Crippen molar-refractivity contribution in [2.45, 2.75) is 32.6 Å². The van der Waals surface area contributed by atoms with Gasteiger partial charge in [-0.05, 0) is 12.7 Å². The van der Waals surface area contributed by atoms with Gasteiger partial charge in [-0.15, -0.1) is 0 Å². The standard InChI is InChI=1S/C5H13BO/c1-4(6-3)5(2)7/h4-7H,1-3H3. The van der Waals surface area contributed by atoms with Gasteiger partial charge < -0.3 is 5.11 Å². The zero-order chi connectivity index (χ0) is 5.86. The molecular weight excluding hydrogens is 86.9 g/mol. The van der Waals surface area contributed by atoms with Crippen molar-refractivity contribution in [2.24, 2.45) is 0 Å². The first-order valence-corrected chi connectivity index (χ1v) is 2.86. The second-order valence-electron chi connectivity index (χ2n) is 2.13. The Labute approximate surface area is 46.0 Å². The molecule has 0 bridgehead atoms. The summed E-state index contributed by atoms with van der Waals surface area (Å²) in [6.45, 7) is 5.95. The fourth-order valence-electron chi connectivity index (χ4n) is 0.341. The van der Waals surface area contributed by atoms with Crippen LogP contribution in [0.5, 0.6) is 0 Å². The third-order valence-electron chi connectivity index (χ3n) is 1.47. The zero-order valence-electron chi connectivity index (χ0n) is 5.31. The van der Waals surface area contributed by atoms with Crippen molar-refractivity contribution in [3.05, 3.63) is 0 Å². The van der Waals surface area contributed by atoms with Gasteiger partial charge in [-0.25, -0.2) is 0 Å². The molecule has 2 atom stereocenters. The van der Waals surface area contributed by atoms with Crippen LogP contribution in [-0.2, 0) is 0 Å². The minimum atomic E-state index is -0.134. The number of rotatable bonds is 2. The molecule has 1 N–H and O–H groups in total. The molecule has 0 heterocycles. The van der Waals surface area contributed by atoms with Crippen LogP contribution < -0.4 is 0 Å². The summed E-state index contributed by atoms with van der Waals surface area (Å²) < 4.78 is 0. The van der Waals surface area contributed by atoms with Crippen molar-refractivity contribution in [3.63, 3.8) is 0 Å². The lowest BCUT2D eigenvalue weighted by atomic mass is 9.66. The molecular formula is C5H13BO. The van der Waals surface area contributed by atoms with E-state index in [4.69, 9.17) is 5.11 Å². The van der Waals surface area contributed by atoms with Crippen molar-refractivity contribution in [1.29, 1.82) is 0 Å². The Morgan fingerprint density at radius 3 is 1.86 bits per heavy atom. The Bertz CT molecular complexity index is 45.3. The van der Waals surface area contributed by atoms with E-state index < -0.39 is 0 Å². The van der Waals surface area contributed by atoms with Crippen LogP contribution in [0, 0.1) is 0 Å². The van der Waals surface area contributed by atoms with E-state index in [0.29, 0.717) is 5.82 Å². The van der Waals surface area contributed by atoms with E-state index in [-0.39, 0.29) is 6.10 Å². The SMILES string of the molecule is CBC(C)C(C)O. The maximum atomic E-state index is 8.82. The highest BCUT2D eigenvalue weighted by molar-refractivity contribution is 6.35. The van der Waals surface area contributed by atoms with Gasteiger partial charge in [0.05, 0.1) is 0 Å². The van der Waals surface area contributed by atoms with E-state index in [1.165, 1.54) is 0 Å². The van der Waals surface area contributed by atoms with E-state index in [1.807, 2.05) is 13.8 Å². The Morgan fingerprint density at radius 1 is 1.43 bits per heavy atom. The second-order valence-corrected chi connectivity index (χ2v) is 2.13. The molecule has 0 fully saturated rings. The first-order chi connectivity index (χ1) is 3.18. The normalized spacial score (nSPS) is 18.3. The lowest BCUT2D eigenvalue weighted by Crippen LogP contribution is -2.10. The van der Waals surface area contributed by atoms with E-state index >= 15 is 0 Å². The maximum Gasteiger partial charge on any atom is 0.123 e. The molecule has 0 aromatic carbocycles. The number of aliphatic hydroxyl groups is 1. The summed E-state index contributed by atoms with van der Waals surface area (Å²) >= 11 is 0. The zero-order valence-corrected chi connectivity index (χ0v) is 5.31. The third kappa shape index (κ3) is 2.69. The summed E-state index contributed by atoms with van der Waals surface area (Å²) in [4.78, 5) is 0. The molecule has 0 amide bonds. The first kappa shape index (κ1) is 7.02. The van der Waals surface area contributed by atoms with Crippen LogP contribution in [0.3, 0.4) is 0 Å². The average molecular weight is 100.0 g/mol. The van der Waals surface area contributed by atoms with Crippen LogP contribution in [-0.4, -0.2) is 18.5 Å². The van der Waals surface area contributed by atoms with E-state index in [2.05, 4.69) is 6.82 Å². The highest BCUT2D eigenvalue weighted by atomic mass is 16.3. The summed E-state index contributed by atoms with van der Waals surface area (Å²) in [6.07, 6.45) is -0.134. The van der Waals surface area contributed by atoms with Gasteiger partial charge in [0.15, 0.2) is 0 Å². The van der Waals surface area contributed by atoms with Gasteiger partial charge in [-0.3, -0.25) is 0 Å². The smallest absolute Gasteiger partial charge is 0.123 e. The summed E-state index contributed by atoms with van der Waals surface area (Å²) in [7, 11) is 1.07. The van der Waals surface area contributed by atoms with E-state index in [1.54, 1.807) is 0 Å². The maximum absolute atomic E-state index is 8.82. The van der Waals surface area contributed by atoms with Crippen molar-refractivity contribution < 1.29 is 5.11 Å². The van der Waals surface area contributed by atoms with Crippen LogP contribution in [0.4, 0.5) is 0 Å². The molecule has 0 aromatic rings. The van der Waals surface area contributed by atoms with Gasteiger partial charge in [-0.1, -0.05) is 13.7 Å². The molecule has 1 nitrogen and oxygen atoms in total. The van der Waals surface area contributed by atoms with E-state index in [9.17, 15) is 0 Å². The Balaban J connectivity index is 3.14. The monoisotopic (exact) mass is 100 g/mol. The van der Waals surface area contributed by atoms with Crippen molar-refractivity contribution >= 4 is 7.28 Å². The molecule has 0 aliphatic rings. The fourth-order valence-corrected chi connectivity index (χ4v) is 0.341. The van der Waals surface area contributed by atoms with Crippen LogP contribution in [0.25, 0.3) is 0 Å². The van der Waals surface area contributed by atoms with Crippen molar-refractivity contribution in [2.75, 3.05) is 0 Å². The summed E-state index contributed by atoms with van der Waals surface area (Å²) in [5, 5.41) is 8.82. The quantitative estimate of drug-likeness (QED) is 0.505. The van der Waals surface area contributed by atoms with Crippen LogP contribution in [0.2, 0.25) is 12.6 Å². The molecule has 0 saturated carbocycles. The minimum Gasteiger partial charge on any atom is -0.394 e. The molecule has 0 rings (SSSR count). The van der Waals surface area contributed by atoms with Crippen LogP contribution >= 0.6 is 0 Å². The van der Waals surface area contributed by atoms with Gasteiger partial charge in [0.25, 0.3) is 0 Å². The molecule has 0 aromatic heterocycles. The molecule has 2 heteroatoms. The van der Waals surface area contributed by atoms with Crippen LogP contribution in [0.1, 0.15) is 13.8 Å². The highest BCUT2D eigenvalue weighted by Crippen LogP contribution is 2.05. The minimum absolute atomic E-state index is 0.134. The van der Waals surface area contributed by atoms with Crippen LogP contribution in [0.15, 0.2) is 0 Å². The Kier molecular flexibility index (Phi) is 3.09. The number of aliphatic hydroxyl groups excluding tert-OH is 1. The molecule has 2 unspecified atom stereocenters. The van der Waals surface area contributed by atoms with Gasteiger partial charge in [0, 0.05) is 6.10 Å². The summed E-state index contributed by atoms with van der Waals surface area (Å²) in [5.74, 6) is 0.458. The molecule has 0 spiro atoms.